The molecule has 2 unspecified atom stereocenters. The lowest BCUT2D eigenvalue weighted by Crippen LogP contribution is -2.46. The second-order valence-corrected chi connectivity index (χ2v) is 4.99. The van der Waals surface area contributed by atoms with Gasteiger partial charge in [0.1, 0.15) is 0 Å². The van der Waals surface area contributed by atoms with Gasteiger partial charge < -0.3 is 10.5 Å². The van der Waals surface area contributed by atoms with Gasteiger partial charge >= 0.3 is 0 Å². The van der Waals surface area contributed by atoms with Crippen LogP contribution in [-0.4, -0.2) is 47.0 Å². The van der Waals surface area contributed by atoms with Gasteiger partial charge in [0.05, 0.1) is 24.4 Å². The van der Waals surface area contributed by atoms with E-state index in [2.05, 4.69) is 30.0 Å². The summed E-state index contributed by atoms with van der Waals surface area (Å²) in [4.78, 5) is 2.43. The van der Waals surface area contributed by atoms with E-state index in [9.17, 15) is 0 Å². The minimum Gasteiger partial charge on any atom is -0.376 e. The van der Waals surface area contributed by atoms with Gasteiger partial charge in [-0.15, -0.1) is 0 Å². The molecule has 1 aliphatic rings. The highest BCUT2D eigenvalue weighted by Crippen LogP contribution is 2.24. The summed E-state index contributed by atoms with van der Waals surface area (Å²) in [6, 6.07) is 0.261. The largest absolute Gasteiger partial charge is 0.376 e. The van der Waals surface area contributed by atoms with E-state index >= 15 is 0 Å². The molecule has 1 saturated heterocycles. The summed E-state index contributed by atoms with van der Waals surface area (Å²) in [5.74, 6) is 0. The third kappa shape index (κ3) is 2.74. The molecule has 2 N–H and O–H groups in total. The molecule has 2 atom stereocenters. The second kappa shape index (κ2) is 5.82. The fourth-order valence-corrected chi connectivity index (χ4v) is 2.69. The molecule has 0 spiro atoms. The van der Waals surface area contributed by atoms with E-state index in [1.165, 1.54) is 5.56 Å². The number of rotatable bonds is 4. The maximum absolute atomic E-state index is 5.98. The van der Waals surface area contributed by atoms with Crippen LogP contribution in [0.4, 0.5) is 0 Å². The van der Waals surface area contributed by atoms with Crippen LogP contribution < -0.4 is 5.73 Å². The van der Waals surface area contributed by atoms with Crippen LogP contribution in [0.3, 0.4) is 0 Å². The molecule has 1 aromatic rings. The van der Waals surface area contributed by atoms with Gasteiger partial charge in [-0.3, -0.25) is 9.58 Å². The fraction of sp³-hybridized carbons (Fsp3) is 0.769. The zero-order chi connectivity index (χ0) is 13.1. The smallest absolute Gasteiger partial charge is 0.0700 e. The number of aryl methyl sites for hydroxylation is 2. The van der Waals surface area contributed by atoms with Crippen molar-refractivity contribution in [1.29, 1.82) is 0 Å². The SMILES string of the molecule is CCC1CN(C(CN)c2cn(C)nc2C)CCO1. The number of aromatic nitrogens is 2. The molecule has 2 rings (SSSR count). The quantitative estimate of drug-likeness (QED) is 0.862. The number of hydrogen-bond acceptors (Lipinski definition) is 4. The summed E-state index contributed by atoms with van der Waals surface area (Å²) >= 11 is 0. The Balaban J connectivity index is 2.15. The van der Waals surface area contributed by atoms with Crippen LogP contribution in [-0.2, 0) is 11.8 Å². The van der Waals surface area contributed by atoms with Crippen molar-refractivity contribution in [2.75, 3.05) is 26.2 Å². The second-order valence-electron chi connectivity index (χ2n) is 4.99. The van der Waals surface area contributed by atoms with Gasteiger partial charge in [0.25, 0.3) is 0 Å². The lowest BCUT2D eigenvalue weighted by molar-refractivity contribution is -0.0438. The molecular formula is C13H24N4O. The first kappa shape index (κ1) is 13.5. The Kier molecular flexibility index (Phi) is 4.37. The zero-order valence-electron chi connectivity index (χ0n) is 11.6. The molecule has 1 aliphatic heterocycles. The van der Waals surface area contributed by atoms with E-state index in [1.54, 1.807) is 0 Å². The maximum Gasteiger partial charge on any atom is 0.0700 e. The molecule has 5 nitrogen and oxygen atoms in total. The normalized spacial score (nSPS) is 23.2. The molecule has 5 heteroatoms. The zero-order valence-corrected chi connectivity index (χ0v) is 11.6. The highest BCUT2D eigenvalue weighted by molar-refractivity contribution is 5.20. The van der Waals surface area contributed by atoms with Gasteiger partial charge in [0.15, 0.2) is 0 Å². The summed E-state index contributed by atoms with van der Waals surface area (Å²) in [6.45, 7) is 7.56. The van der Waals surface area contributed by atoms with Crippen molar-refractivity contribution in [2.24, 2.45) is 12.8 Å². The highest BCUT2D eigenvalue weighted by Gasteiger charge is 2.27. The van der Waals surface area contributed by atoms with Crippen molar-refractivity contribution in [1.82, 2.24) is 14.7 Å². The van der Waals surface area contributed by atoms with Crippen LogP contribution in [0.5, 0.6) is 0 Å². The van der Waals surface area contributed by atoms with Crippen molar-refractivity contribution in [3.8, 4) is 0 Å². The number of hydrogen-bond donors (Lipinski definition) is 1. The van der Waals surface area contributed by atoms with Crippen LogP contribution in [0.2, 0.25) is 0 Å². The van der Waals surface area contributed by atoms with Gasteiger partial charge in [0.2, 0.25) is 0 Å². The average Bonchev–Trinajstić information content (AvgIpc) is 2.70. The standard InChI is InChI=1S/C13H24N4O/c1-4-11-8-17(5-6-18-11)13(7-14)12-9-16(3)15-10(12)2/h9,11,13H,4-8,14H2,1-3H3. The summed E-state index contributed by atoms with van der Waals surface area (Å²) in [5, 5.41) is 4.42. The van der Waals surface area contributed by atoms with Crippen LogP contribution in [0.15, 0.2) is 6.20 Å². The van der Waals surface area contributed by atoms with Crippen LogP contribution in [0, 0.1) is 6.92 Å². The molecule has 102 valence electrons. The molecule has 1 aromatic heterocycles. The molecule has 1 fully saturated rings. The predicted molar refractivity (Wildman–Crippen MR) is 71.3 cm³/mol. The Morgan fingerprint density at radius 1 is 1.61 bits per heavy atom. The average molecular weight is 252 g/mol. The lowest BCUT2D eigenvalue weighted by atomic mass is 10.0. The number of morpholine rings is 1. The highest BCUT2D eigenvalue weighted by atomic mass is 16.5. The summed E-state index contributed by atoms with van der Waals surface area (Å²) < 4.78 is 7.59. The van der Waals surface area contributed by atoms with Crippen molar-refractivity contribution in [2.45, 2.75) is 32.4 Å². The third-order valence-electron chi connectivity index (χ3n) is 3.70. The van der Waals surface area contributed by atoms with E-state index in [-0.39, 0.29) is 6.04 Å². The van der Waals surface area contributed by atoms with Crippen LogP contribution in [0.1, 0.15) is 30.6 Å². The maximum atomic E-state index is 5.98. The van der Waals surface area contributed by atoms with E-state index in [0.29, 0.717) is 12.6 Å². The topological polar surface area (TPSA) is 56.3 Å². The molecule has 0 radical (unpaired) electrons. The molecule has 0 aliphatic carbocycles. The van der Waals surface area contributed by atoms with E-state index in [4.69, 9.17) is 10.5 Å². The fourth-order valence-electron chi connectivity index (χ4n) is 2.69. The van der Waals surface area contributed by atoms with Crippen LogP contribution >= 0.6 is 0 Å². The third-order valence-corrected chi connectivity index (χ3v) is 3.70. The number of ether oxygens (including phenoxy) is 1. The Labute approximate surface area is 109 Å². The van der Waals surface area contributed by atoms with Crippen molar-refractivity contribution in [3.05, 3.63) is 17.5 Å². The molecule has 18 heavy (non-hydrogen) atoms. The van der Waals surface area contributed by atoms with Crippen LogP contribution in [0.25, 0.3) is 0 Å². The van der Waals surface area contributed by atoms with Gasteiger partial charge in [-0.25, -0.2) is 0 Å². The van der Waals surface area contributed by atoms with Crippen molar-refractivity contribution >= 4 is 0 Å². The first-order valence-electron chi connectivity index (χ1n) is 6.71. The molecule has 0 bridgehead atoms. The first-order chi connectivity index (χ1) is 8.65. The van der Waals surface area contributed by atoms with Crippen molar-refractivity contribution < 1.29 is 4.74 Å². The summed E-state index contributed by atoms with van der Waals surface area (Å²) in [7, 11) is 1.96. The van der Waals surface area contributed by atoms with E-state index in [1.807, 2.05) is 11.7 Å². The lowest BCUT2D eigenvalue weighted by Gasteiger charge is -2.37. The predicted octanol–water partition coefficient (Wildman–Crippen LogP) is 0.839. The van der Waals surface area contributed by atoms with Gasteiger partial charge in [-0.05, 0) is 13.3 Å². The minimum absolute atomic E-state index is 0.261. The Morgan fingerprint density at radius 3 is 2.94 bits per heavy atom. The Hall–Kier alpha value is -0.910. The number of nitrogens with two attached hydrogens (primary N) is 1. The van der Waals surface area contributed by atoms with E-state index < -0.39 is 0 Å². The Bertz CT molecular complexity index is 390. The molecular weight excluding hydrogens is 228 g/mol. The monoisotopic (exact) mass is 252 g/mol. The Morgan fingerprint density at radius 2 is 2.39 bits per heavy atom. The molecule has 0 amide bonds. The first-order valence-corrected chi connectivity index (χ1v) is 6.71. The minimum atomic E-state index is 0.261. The van der Waals surface area contributed by atoms with Gasteiger partial charge in [-0.2, -0.15) is 5.10 Å². The molecule has 2 heterocycles. The molecule has 0 saturated carbocycles. The van der Waals surface area contributed by atoms with Gasteiger partial charge in [0, 0.05) is 38.4 Å². The molecule has 0 aromatic carbocycles. The van der Waals surface area contributed by atoms with Crippen molar-refractivity contribution in [3.63, 3.8) is 0 Å². The summed E-state index contributed by atoms with van der Waals surface area (Å²) in [6.07, 6.45) is 3.48. The van der Waals surface area contributed by atoms with Gasteiger partial charge in [-0.1, -0.05) is 6.92 Å². The summed E-state index contributed by atoms with van der Waals surface area (Å²) in [5.41, 5.74) is 8.30. The number of nitrogens with zero attached hydrogens (tertiary/aromatic N) is 3. The van der Waals surface area contributed by atoms with E-state index in [0.717, 1.165) is 31.8 Å².